The second-order valence-electron chi connectivity index (χ2n) is 8.06. The van der Waals surface area contributed by atoms with Crippen molar-refractivity contribution < 1.29 is 4.39 Å². The molecule has 8 heteroatoms. The quantitative estimate of drug-likeness (QED) is 0.306. The zero-order valence-corrected chi connectivity index (χ0v) is 21.6. The maximum atomic E-state index is 14.2. The van der Waals surface area contributed by atoms with E-state index in [2.05, 4.69) is 11.5 Å². The van der Waals surface area contributed by atoms with E-state index in [1.54, 1.807) is 30.0 Å². The summed E-state index contributed by atoms with van der Waals surface area (Å²) in [6.07, 6.45) is 8.13. The van der Waals surface area contributed by atoms with Gasteiger partial charge in [-0.2, -0.15) is 0 Å². The predicted molar refractivity (Wildman–Crippen MR) is 139 cm³/mol. The van der Waals surface area contributed by atoms with Crippen molar-refractivity contribution in [2.24, 2.45) is 0 Å². The Bertz CT molecular complexity index is 1240. The molecule has 0 saturated heterocycles. The molecule has 2 nitrogen and oxygen atoms in total. The van der Waals surface area contributed by atoms with Crippen LogP contribution in [0, 0.1) is 0 Å². The molecular formula is C25H21Cl4FN2S. The van der Waals surface area contributed by atoms with Crippen LogP contribution in [0.1, 0.15) is 36.6 Å². The van der Waals surface area contributed by atoms with Crippen molar-refractivity contribution in [1.29, 1.82) is 0 Å². The van der Waals surface area contributed by atoms with Crippen LogP contribution in [0.15, 0.2) is 71.8 Å². The summed E-state index contributed by atoms with van der Waals surface area (Å²) in [7, 11) is 0. The summed E-state index contributed by atoms with van der Waals surface area (Å²) >= 11 is 26.4. The van der Waals surface area contributed by atoms with Crippen molar-refractivity contribution >= 4 is 58.2 Å². The van der Waals surface area contributed by atoms with E-state index < -0.39 is 5.41 Å². The number of halogens is 5. The van der Waals surface area contributed by atoms with Crippen molar-refractivity contribution in [1.82, 2.24) is 9.55 Å². The van der Waals surface area contributed by atoms with Gasteiger partial charge in [-0.1, -0.05) is 76.4 Å². The third-order valence-electron chi connectivity index (χ3n) is 5.84. The first kappa shape index (κ1) is 24.7. The van der Waals surface area contributed by atoms with E-state index in [-0.39, 0.29) is 5.83 Å². The lowest BCUT2D eigenvalue weighted by molar-refractivity contribution is 0.473. The third-order valence-corrected chi connectivity index (χ3v) is 8.38. The largest absolute Gasteiger partial charge is 0.318 e. The number of rotatable bonds is 4. The Kier molecular flexibility index (Phi) is 7.82. The van der Waals surface area contributed by atoms with Gasteiger partial charge in [0.2, 0.25) is 0 Å². The minimum atomic E-state index is -0.439. The average molecular weight is 542 g/mol. The highest BCUT2D eigenvalue weighted by atomic mass is 35.5. The molecule has 33 heavy (non-hydrogen) atoms. The first-order chi connectivity index (χ1) is 15.8. The number of imidazole rings is 1. The lowest BCUT2D eigenvalue weighted by atomic mass is 9.75. The summed E-state index contributed by atoms with van der Waals surface area (Å²) in [6, 6.07) is 11.3. The fourth-order valence-electron chi connectivity index (χ4n) is 3.97. The summed E-state index contributed by atoms with van der Waals surface area (Å²) in [5.41, 5.74) is 2.66. The monoisotopic (exact) mass is 540 g/mol. The second kappa shape index (κ2) is 10.5. The summed E-state index contributed by atoms with van der Waals surface area (Å²) < 4.78 is 16.4. The Balaban J connectivity index is 1.74. The lowest BCUT2D eigenvalue weighted by Gasteiger charge is -2.32. The van der Waals surface area contributed by atoms with Crippen molar-refractivity contribution in [2.45, 2.75) is 42.6 Å². The summed E-state index contributed by atoms with van der Waals surface area (Å²) in [6.45, 7) is 2.64. The van der Waals surface area contributed by atoms with Gasteiger partial charge in [-0.05, 0) is 67.3 Å². The molecule has 1 aromatic heterocycles. The molecule has 1 unspecified atom stereocenters. The minimum Gasteiger partial charge on any atom is -0.318 e. The van der Waals surface area contributed by atoms with Gasteiger partial charge in [0.1, 0.15) is 5.83 Å². The van der Waals surface area contributed by atoms with Crippen molar-refractivity contribution in [3.63, 3.8) is 0 Å². The minimum absolute atomic E-state index is 0.236. The molecule has 0 N–H and O–H groups in total. The highest BCUT2D eigenvalue weighted by molar-refractivity contribution is 7.98. The lowest BCUT2D eigenvalue weighted by Crippen LogP contribution is -2.27. The molecule has 3 aromatic rings. The molecule has 0 radical (unpaired) electrons. The number of benzene rings is 2. The van der Waals surface area contributed by atoms with Gasteiger partial charge in [0.15, 0.2) is 5.16 Å². The number of nitrogens with zero attached hydrogens (tertiary/aromatic N) is 2. The van der Waals surface area contributed by atoms with Crippen molar-refractivity contribution in [3.05, 3.63) is 104 Å². The average Bonchev–Trinajstić information content (AvgIpc) is 3.19. The molecule has 1 atom stereocenters. The molecule has 0 saturated carbocycles. The van der Waals surface area contributed by atoms with E-state index in [4.69, 9.17) is 51.4 Å². The smallest absolute Gasteiger partial charge is 0.168 e. The van der Waals surface area contributed by atoms with Crippen LogP contribution < -0.4 is 0 Å². The van der Waals surface area contributed by atoms with Crippen LogP contribution in [0.25, 0.3) is 0 Å². The maximum Gasteiger partial charge on any atom is 0.168 e. The van der Waals surface area contributed by atoms with Gasteiger partial charge in [0, 0.05) is 23.4 Å². The molecule has 0 spiro atoms. The fraction of sp³-hybridized carbons (Fsp3) is 0.240. The Morgan fingerprint density at radius 2 is 1.76 bits per heavy atom. The zero-order valence-electron chi connectivity index (χ0n) is 17.8. The number of thioether (sulfide) groups is 1. The van der Waals surface area contributed by atoms with E-state index in [1.165, 1.54) is 6.08 Å². The molecule has 172 valence electrons. The summed E-state index contributed by atoms with van der Waals surface area (Å²) in [4.78, 5) is 4.74. The highest BCUT2D eigenvalue weighted by Crippen LogP contribution is 2.41. The molecule has 2 heterocycles. The summed E-state index contributed by atoms with van der Waals surface area (Å²) in [5.74, 6) is 0.439. The van der Waals surface area contributed by atoms with Crippen LogP contribution >= 0.6 is 58.2 Å². The van der Waals surface area contributed by atoms with Crippen LogP contribution in [0.3, 0.4) is 0 Å². The van der Waals surface area contributed by atoms with E-state index >= 15 is 0 Å². The Labute approximate surface area is 217 Å². The van der Waals surface area contributed by atoms with Crippen LogP contribution in [-0.4, -0.2) is 9.55 Å². The third kappa shape index (κ3) is 5.47. The Morgan fingerprint density at radius 3 is 2.48 bits per heavy atom. The van der Waals surface area contributed by atoms with Crippen LogP contribution in [0.5, 0.6) is 0 Å². The van der Waals surface area contributed by atoms with Gasteiger partial charge < -0.3 is 4.57 Å². The number of hydrogen-bond donors (Lipinski definition) is 0. The predicted octanol–water partition coefficient (Wildman–Crippen LogP) is 9.30. The van der Waals surface area contributed by atoms with E-state index in [1.807, 2.05) is 36.5 Å². The normalized spacial score (nSPS) is 21.2. The molecular weight excluding hydrogens is 521 g/mol. The standard InChI is InChI=1S/C25H21Cl4FN2S/c1-25(17-7-9-20(27)22(29)13-17)10-2-4-18(30)5-3-11-32-23(25)14-31-24(32)33-15-16-6-8-19(26)21(28)12-16/h3-9,12-14H,2,10-11,15H2,1H3/b5-3-,18-4+. The van der Waals surface area contributed by atoms with Gasteiger partial charge in [0.05, 0.1) is 26.3 Å². The SMILES string of the molecule is CC1(c2ccc(Cl)c(Cl)c2)CC/C=C(F)\C=C/Cn2c1cnc2SCc1ccc(Cl)c(Cl)c1. The molecule has 1 aliphatic heterocycles. The molecule has 2 aromatic carbocycles. The van der Waals surface area contributed by atoms with Gasteiger partial charge in [-0.25, -0.2) is 9.37 Å². The molecule has 0 aliphatic carbocycles. The highest BCUT2D eigenvalue weighted by Gasteiger charge is 2.33. The molecule has 0 amide bonds. The number of hydrogen-bond acceptors (Lipinski definition) is 2. The Morgan fingerprint density at radius 1 is 1.03 bits per heavy atom. The molecule has 4 rings (SSSR count). The number of fused-ring (bicyclic) bond motifs is 1. The van der Waals surface area contributed by atoms with Gasteiger partial charge in [-0.15, -0.1) is 0 Å². The van der Waals surface area contributed by atoms with Crippen molar-refractivity contribution in [3.8, 4) is 0 Å². The van der Waals surface area contributed by atoms with E-state index in [9.17, 15) is 4.39 Å². The van der Waals surface area contributed by atoms with Gasteiger partial charge in [-0.3, -0.25) is 0 Å². The van der Waals surface area contributed by atoms with Crippen LogP contribution in [0.2, 0.25) is 20.1 Å². The topological polar surface area (TPSA) is 17.8 Å². The second-order valence-corrected chi connectivity index (χ2v) is 10.6. The fourth-order valence-corrected chi connectivity index (χ4v) is 5.52. The number of aromatic nitrogens is 2. The maximum absolute atomic E-state index is 14.2. The van der Waals surface area contributed by atoms with Gasteiger partial charge >= 0.3 is 0 Å². The Hall–Kier alpha value is -1.43. The van der Waals surface area contributed by atoms with Gasteiger partial charge in [0.25, 0.3) is 0 Å². The van der Waals surface area contributed by atoms with E-state index in [0.29, 0.717) is 45.2 Å². The molecule has 0 bridgehead atoms. The first-order valence-corrected chi connectivity index (χ1v) is 12.9. The van der Waals surface area contributed by atoms with Crippen molar-refractivity contribution in [2.75, 3.05) is 0 Å². The van der Waals surface area contributed by atoms with Crippen LogP contribution in [-0.2, 0) is 17.7 Å². The number of allylic oxidation sites excluding steroid dienone is 4. The zero-order chi connectivity index (χ0) is 23.6. The molecule has 1 aliphatic rings. The molecule has 0 fully saturated rings. The van der Waals surface area contributed by atoms with E-state index in [0.717, 1.165) is 22.0 Å². The van der Waals surface area contributed by atoms with Crippen LogP contribution in [0.4, 0.5) is 4.39 Å². The summed E-state index contributed by atoms with van der Waals surface area (Å²) in [5, 5.41) is 2.90. The first-order valence-electron chi connectivity index (χ1n) is 10.4.